The zero-order valence-corrected chi connectivity index (χ0v) is 14.1. The zero-order valence-electron chi connectivity index (χ0n) is 11.7. The van der Waals surface area contributed by atoms with E-state index in [2.05, 4.69) is 10.0 Å². The number of benzene rings is 2. The fourth-order valence-electron chi connectivity index (χ4n) is 1.76. The lowest BCUT2D eigenvalue weighted by atomic mass is 10.2. The van der Waals surface area contributed by atoms with Gasteiger partial charge in [0.05, 0.1) is 15.7 Å². The average molecular weight is 377 g/mol. The summed E-state index contributed by atoms with van der Waals surface area (Å²) in [7, 11) is -2.61. The van der Waals surface area contributed by atoms with Gasteiger partial charge >= 0.3 is 0 Å². The highest BCUT2D eigenvalue weighted by atomic mass is 35.5. The Kier molecular flexibility index (Phi) is 5.26. The van der Waals surface area contributed by atoms with E-state index in [4.69, 9.17) is 23.2 Å². The molecular formula is C14H11Cl2FN2O3S. The zero-order chi connectivity index (χ0) is 17.2. The van der Waals surface area contributed by atoms with Gasteiger partial charge in [-0.2, -0.15) is 0 Å². The molecule has 0 bridgehead atoms. The Bertz CT molecular complexity index is 872. The largest absolute Gasteiger partial charge is 0.319 e. The van der Waals surface area contributed by atoms with Crippen LogP contribution in [0.5, 0.6) is 0 Å². The van der Waals surface area contributed by atoms with E-state index in [1.54, 1.807) is 0 Å². The van der Waals surface area contributed by atoms with Crippen molar-refractivity contribution in [3.63, 3.8) is 0 Å². The number of anilines is 1. The summed E-state index contributed by atoms with van der Waals surface area (Å²) in [6, 6.07) is 7.85. The van der Waals surface area contributed by atoms with Crippen molar-refractivity contribution in [2.75, 3.05) is 12.4 Å². The van der Waals surface area contributed by atoms with Crippen molar-refractivity contribution in [3.8, 4) is 0 Å². The molecule has 0 saturated carbocycles. The van der Waals surface area contributed by atoms with E-state index in [0.717, 1.165) is 6.07 Å². The van der Waals surface area contributed by atoms with Gasteiger partial charge in [-0.25, -0.2) is 17.5 Å². The third kappa shape index (κ3) is 3.81. The van der Waals surface area contributed by atoms with Crippen LogP contribution in [0.2, 0.25) is 10.0 Å². The molecule has 1 amide bonds. The lowest BCUT2D eigenvalue weighted by Gasteiger charge is -2.10. The summed E-state index contributed by atoms with van der Waals surface area (Å²) in [5.74, 6) is -1.48. The molecule has 0 saturated heterocycles. The quantitative estimate of drug-likeness (QED) is 0.859. The van der Waals surface area contributed by atoms with Crippen molar-refractivity contribution < 1.29 is 17.6 Å². The van der Waals surface area contributed by atoms with Gasteiger partial charge in [-0.15, -0.1) is 0 Å². The maximum atomic E-state index is 13.8. The van der Waals surface area contributed by atoms with Crippen molar-refractivity contribution in [3.05, 3.63) is 57.8 Å². The van der Waals surface area contributed by atoms with Gasteiger partial charge in [-0.3, -0.25) is 4.79 Å². The molecule has 9 heteroatoms. The molecule has 0 aliphatic rings. The number of carbonyl (C=O) groups is 1. The van der Waals surface area contributed by atoms with Crippen LogP contribution in [0.4, 0.5) is 10.1 Å². The Balaban J connectivity index is 2.37. The molecule has 2 aromatic carbocycles. The van der Waals surface area contributed by atoms with Gasteiger partial charge in [-0.1, -0.05) is 29.3 Å². The molecule has 0 aliphatic carbocycles. The van der Waals surface area contributed by atoms with E-state index in [1.807, 2.05) is 0 Å². The summed E-state index contributed by atoms with van der Waals surface area (Å²) < 4.78 is 39.6. The predicted octanol–water partition coefficient (Wildman–Crippen LogP) is 3.29. The van der Waals surface area contributed by atoms with Gasteiger partial charge in [0.1, 0.15) is 4.90 Å². The molecule has 23 heavy (non-hydrogen) atoms. The van der Waals surface area contributed by atoms with E-state index in [0.29, 0.717) is 0 Å². The summed E-state index contributed by atoms with van der Waals surface area (Å²) in [6.45, 7) is 0. The molecule has 0 aliphatic heterocycles. The van der Waals surface area contributed by atoms with Gasteiger partial charge in [0, 0.05) is 5.56 Å². The van der Waals surface area contributed by atoms with Crippen LogP contribution >= 0.6 is 23.2 Å². The van der Waals surface area contributed by atoms with E-state index in [-0.39, 0.29) is 26.2 Å². The second kappa shape index (κ2) is 6.84. The van der Waals surface area contributed by atoms with Crippen molar-refractivity contribution in [2.45, 2.75) is 4.90 Å². The van der Waals surface area contributed by atoms with E-state index < -0.39 is 21.7 Å². The van der Waals surface area contributed by atoms with E-state index in [1.165, 1.54) is 37.4 Å². The van der Waals surface area contributed by atoms with Crippen LogP contribution < -0.4 is 10.0 Å². The number of rotatable bonds is 4. The highest BCUT2D eigenvalue weighted by molar-refractivity contribution is 7.89. The first-order valence-corrected chi connectivity index (χ1v) is 8.48. The third-order valence-electron chi connectivity index (χ3n) is 2.95. The van der Waals surface area contributed by atoms with Gasteiger partial charge in [0.25, 0.3) is 5.91 Å². The van der Waals surface area contributed by atoms with E-state index in [9.17, 15) is 17.6 Å². The molecular weight excluding hydrogens is 366 g/mol. The number of amides is 1. The molecule has 2 aromatic rings. The average Bonchev–Trinajstić information content (AvgIpc) is 2.52. The second-order valence-corrected chi connectivity index (χ2v) is 7.08. The number of hydrogen-bond acceptors (Lipinski definition) is 3. The molecule has 0 unspecified atom stereocenters. The SMILES string of the molecule is CNS(=O)(=O)c1cc(C(=O)Nc2cccc(Cl)c2F)ccc1Cl. The molecule has 2 N–H and O–H groups in total. The maximum Gasteiger partial charge on any atom is 0.255 e. The van der Waals surface area contributed by atoms with E-state index >= 15 is 0 Å². The number of carbonyl (C=O) groups excluding carboxylic acids is 1. The van der Waals surface area contributed by atoms with Crippen molar-refractivity contribution in [1.29, 1.82) is 0 Å². The molecule has 0 heterocycles. The van der Waals surface area contributed by atoms with Gasteiger partial charge in [-0.05, 0) is 37.4 Å². The molecule has 0 atom stereocenters. The maximum absolute atomic E-state index is 13.8. The molecule has 0 radical (unpaired) electrons. The highest BCUT2D eigenvalue weighted by Crippen LogP contribution is 2.25. The van der Waals surface area contributed by atoms with Crippen LogP contribution in [0.15, 0.2) is 41.3 Å². The molecule has 2 rings (SSSR count). The third-order valence-corrected chi connectivity index (χ3v) is 5.14. The Labute approximate surface area is 142 Å². The number of nitrogens with one attached hydrogen (secondary N) is 2. The number of halogens is 3. The number of sulfonamides is 1. The first kappa shape index (κ1) is 17.7. The summed E-state index contributed by atoms with van der Waals surface area (Å²) in [5.41, 5.74) is -0.113. The first-order valence-electron chi connectivity index (χ1n) is 6.24. The normalized spacial score (nSPS) is 11.3. The minimum absolute atomic E-state index is 0.00241. The molecule has 122 valence electrons. The Morgan fingerprint density at radius 3 is 2.48 bits per heavy atom. The van der Waals surface area contributed by atoms with Gasteiger partial charge in [0.2, 0.25) is 10.0 Å². The Morgan fingerprint density at radius 1 is 1.13 bits per heavy atom. The molecule has 0 spiro atoms. The van der Waals surface area contributed by atoms with Crippen molar-refractivity contribution >= 4 is 44.8 Å². The van der Waals surface area contributed by atoms with Crippen LogP contribution in [0.25, 0.3) is 0 Å². The minimum atomic E-state index is -3.83. The topological polar surface area (TPSA) is 75.3 Å². The molecule has 0 aromatic heterocycles. The molecule has 5 nitrogen and oxygen atoms in total. The van der Waals surface area contributed by atoms with Crippen LogP contribution in [0.3, 0.4) is 0 Å². The standard InChI is InChI=1S/C14H11Cl2FN2O3S/c1-18-23(21,22)12-7-8(5-6-9(12)15)14(20)19-11-4-2-3-10(16)13(11)17/h2-7,18H,1H3,(H,19,20). The van der Waals surface area contributed by atoms with Crippen LogP contribution in [0.1, 0.15) is 10.4 Å². The van der Waals surface area contributed by atoms with Gasteiger partial charge in [0.15, 0.2) is 5.82 Å². The molecule has 0 fully saturated rings. The smallest absolute Gasteiger partial charge is 0.255 e. The summed E-state index contributed by atoms with van der Waals surface area (Å²) in [6.07, 6.45) is 0. The summed E-state index contributed by atoms with van der Waals surface area (Å²) >= 11 is 11.5. The monoisotopic (exact) mass is 376 g/mol. The number of hydrogen-bond donors (Lipinski definition) is 2. The fourth-order valence-corrected chi connectivity index (χ4v) is 3.18. The Hall–Kier alpha value is -1.67. The fraction of sp³-hybridized carbons (Fsp3) is 0.0714. The van der Waals surface area contributed by atoms with Crippen LogP contribution in [-0.4, -0.2) is 21.4 Å². The van der Waals surface area contributed by atoms with Crippen molar-refractivity contribution in [2.24, 2.45) is 0 Å². The van der Waals surface area contributed by atoms with Crippen LogP contribution in [0, 0.1) is 5.82 Å². The predicted molar refractivity (Wildman–Crippen MR) is 87.1 cm³/mol. The minimum Gasteiger partial charge on any atom is -0.319 e. The highest BCUT2D eigenvalue weighted by Gasteiger charge is 2.19. The van der Waals surface area contributed by atoms with Crippen LogP contribution in [-0.2, 0) is 10.0 Å². The Morgan fingerprint density at radius 2 is 1.83 bits per heavy atom. The van der Waals surface area contributed by atoms with Gasteiger partial charge < -0.3 is 5.32 Å². The second-order valence-electron chi connectivity index (χ2n) is 4.41. The summed E-state index contributed by atoms with van der Waals surface area (Å²) in [5, 5.41) is 2.15. The summed E-state index contributed by atoms with van der Waals surface area (Å²) in [4.78, 5) is 11.9. The van der Waals surface area contributed by atoms with Crippen molar-refractivity contribution in [1.82, 2.24) is 4.72 Å². The lowest BCUT2D eigenvalue weighted by Crippen LogP contribution is -2.20. The first-order chi connectivity index (χ1) is 10.8. The lowest BCUT2D eigenvalue weighted by molar-refractivity contribution is 0.102.